The van der Waals surface area contributed by atoms with E-state index >= 15 is 0 Å². The highest BCUT2D eigenvalue weighted by molar-refractivity contribution is 9.10. The quantitative estimate of drug-likeness (QED) is 0.389. The van der Waals surface area contributed by atoms with Crippen LogP contribution in [0, 0.1) is 5.82 Å². The second kappa shape index (κ2) is 10.2. The summed E-state index contributed by atoms with van der Waals surface area (Å²) in [6.07, 6.45) is 1.52. The van der Waals surface area contributed by atoms with Crippen LogP contribution in [-0.2, 0) is 11.2 Å². The predicted molar refractivity (Wildman–Crippen MR) is 133 cm³/mol. The largest absolute Gasteiger partial charge is 0.330 e. The molecule has 0 N–H and O–H groups in total. The summed E-state index contributed by atoms with van der Waals surface area (Å²) in [5.41, 5.74) is 2.50. The summed E-state index contributed by atoms with van der Waals surface area (Å²) in [6, 6.07) is 15.3. The number of halogens is 2. The number of fused-ring (bicyclic) bond motifs is 1. The average molecular weight is 529 g/mol. The molecule has 4 nitrogen and oxygen atoms in total. The van der Waals surface area contributed by atoms with Crippen molar-refractivity contribution in [3.8, 4) is 0 Å². The van der Waals surface area contributed by atoms with E-state index in [-0.39, 0.29) is 36.3 Å². The van der Waals surface area contributed by atoms with Crippen molar-refractivity contribution in [2.75, 3.05) is 13.1 Å². The van der Waals surface area contributed by atoms with E-state index in [4.69, 9.17) is 0 Å². The van der Waals surface area contributed by atoms with Gasteiger partial charge in [0, 0.05) is 27.5 Å². The summed E-state index contributed by atoms with van der Waals surface area (Å²) >= 11 is 5.11. The lowest BCUT2D eigenvalue weighted by molar-refractivity contribution is -0.134. The number of carbonyl (C=O) groups excluding carboxylic acids is 2. The van der Waals surface area contributed by atoms with Gasteiger partial charge in [0.1, 0.15) is 12.4 Å². The van der Waals surface area contributed by atoms with Gasteiger partial charge in [-0.3, -0.25) is 9.59 Å². The van der Waals surface area contributed by atoms with Crippen molar-refractivity contribution in [1.82, 2.24) is 9.80 Å². The van der Waals surface area contributed by atoms with Crippen LogP contribution in [0.2, 0.25) is 0 Å². The highest BCUT2D eigenvalue weighted by atomic mass is 79.9. The van der Waals surface area contributed by atoms with Gasteiger partial charge < -0.3 is 9.80 Å². The molecule has 2 heterocycles. The molecule has 3 aromatic rings. The van der Waals surface area contributed by atoms with E-state index in [1.54, 1.807) is 40.5 Å². The standard InChI is InChI=1S/C26H26BrFN2O2S/c1-3-17(2)30(26(32)19-5-4-6-20(27)15-19)16-24(31)29-13-11-23-22(12-14-33-23)25(29)18-7-9-21(28)10-8-18/h4-10,12,14-15,17,25H,3,11,13,16H2,1-2H3. The van der Waals surface area contributed by atoms with E-state index in [1.807, 2.05) is 42.3 Å². The molecule has 1 aromatic heterocycles. The molecule has 4 rings (SSSR count). The number of hydrogen-bond acceptors (Lipinski definition) is 3. The molecule has 0 fully saturated rings. The van der Waals surface area contributed by atoms with Gasteiger partial charge in [-0.15, -0.1) is 11.3 Å². The van der Waals surface area contributed by atoms with Crippen LogP contribution in [0.15, 0.2) is 64.5 Å². The fourth-order valence-electron chi connectivity index (χ4n) is 4.26. The van der Waals surface area contributed by atoms with E-state index in [0.29, 0.717) is 12.1 Å². The second-order valence-corrected chi connectivity index (χ2v) is 10.2. The summed E-state index contributed by atoms with van der Waals surface area (Å²) in [6.45, 7) is 4.54. The molecule has 0 spiro atoms. The molecule has 2 unspecified atom stereocenters. The molecule has 1 aliphatic heterocycles. The van der Waals surface area contributed by atoms with Gasteiger partial charge in [0.25, 0.3) is 5.91 Å². The molecule has 2 aromatic carbocycles. The minimum atomic E-state index is -0.305. The van der Waals surface area contributed by atoms with Crippen molar-refractivity contribution < 1.29 is 14.0 Å². The Hall–Kier alpha value is -2.51. The van der Waals surface area contributed by atoms with Gasteiger partial charge in [0.05, 0.1) is 6.04 Å². The summed E-state index contributed by atoms with van der Waals surface area (Å²) in [7, 11) is 0. The zero-order valence-corrected chi connectivity index (χ0v) is 21.0. The molecule has 0 radical (unpaired) electrons. The van der Waals surface area contributed by atoms with Gasteiger partial charge in [-0.2, -0.15) is 0 Å². The van der Waals surface area contributed by atoms with Crippen molar-refractivity contribution >= 4 is 39.1 Å². The summed E-state index contributed by atoms with van der Waals surface area (Å²) in [5, 5.41) is 2.04. The Bertz CT molecular complexity index is 1150. The van der Waals surface area contributed by atoms with Crippen molar-refractivity contribution in [3.63, 3.8) is 0 Å². The van der Waals surface area contributed by atoms with Crippen LogP contribution in [0.4, 0.5) is 4.39 Å². The van der Waals surface area contributed by atoms with Crippen LogP contribution in [0.5, 0.6) is 0 Å². The number of rotatable bonds is 6. The highest BCUT2D eigenvalue weighted by Gasteiger charge is 2.34. The van der Waals surface area contributed by atoms with Crippen LogP contribution in [0.3, 0.4) is 0 Å². The summed E-state index contributed by atoms with van der Waals surface area (Å²) < 4.78 is 14.4. The second-order valence-electron chi connectivity index (χ2n) is 8.29. The molecule has 0 aliphatic carbocycles. The van der Waals surface area contributed by atoms with Crippen molar-refractivity contribution in [1.29, 1.82) is 0 Å². The molecule has 0 bridgehead atoms. The van der Waals surface area contributed by atoms with E-state index in [2.05, 4.69) is 15.9 Å². The Morgan fingerprint density at radius 1 is 1.21 bits per heavy atom. The minimum absolute atomic E-state index is 0.00246. The lowest BCUT2D eigenvalue weighted by atomic mass is 9.93. The molecule has 2 atom stereocenters. The van der Waals surface area contributed by atoms with E-state index < -0.39 is 0 Å². The molecular weight excluding hydrogens is 503 g/mol. The lowest BCUT2D eigenvalue weighted by Crippen LogP contribution is -2.49. The normalized spacial score (nSPS) is 16.2. The Morgan fingerprint density at radius 2 is 1.97 bits per heavy atom. The van der Waals surface area contributed by atoms with Crippen LogP contribution < -0.4 is 0 Å². The third kappa shape index (κ3) is 5.04. The molecule has 172 valence electrons. The third-order valence-electron chi connectivity index (χ3n) is 6.23. The third-order valence-corrected chi connectivity index (χ3v) is 7.72. The zero-order chi connectivity index (χ0) is 23.5. The van der Waals surface area contributed by atoms with Crippen LogP contribution in [0.1, 0.15) is 52.7 Å². The number of thiophene rings is 1. The molecule has 33 heavy (non-hydrogen) atoms. The topological polar surface area (TPSA) is 40.6 Å². The van der Waals surface area contributed by atoms with Gasteiger partial charge in [-0.05, 0) is 72.7 Å². The summed E-state index contributed by atoms with van der Waals surface area (Å²) in [5.74, 6) is -0.573. The van der Waals surface area contributed by atoms with E-state index in [1.165, 1.54) is 17.0 Å². The molecular formula is C26H26BrFN2O2S. The number of hydrogen-bond donors (Lipinski definition) is 0. The van der Waals surface area contributed by atoms with Gasteiger partial charge in [0.15, 0.2) is 0 Å². The molecule has 7 heteroatoms. The Labute approximate surface area is 206 Å². The first-order valence-corrected chi connectivity index (χ1v) is 12.7. The zero-order valence-electron chi connectivity index (χ0n) is 18.6. The first-order valence-electron chi connectivity index (χ1n) is 11.1. The van der Waals surface area contributed by atoms with E-state index in [0.717, 1.165) is 28.4 Å². The smallest absolute Gasteiger partial charge is 0.254 e. The Kier molecular flexibility index (Phi) is 7.29. The van der Waals surface area contributed by atoms with Crippen LogP contribution in [-0.4, -0.2) is 40.7 Å². The predicted octanol–water partition coefficient (Wildman–Crippen LogP) is 6.06. The van der Waals surface area contributed by atoms with Gasteiger partial charge in [-0.25, -0.2) is 4.39 Å². The Morgan fingerprint density at radius 3 is 2.67 bits per heavy atom. The molecule has 2 amide bonds. The number of benzene rings is 2. The van der Waals surface area contributed by atoms with Crippen molar-refractivity contribution in [2.45, 2.75) is 38.8 Å². The molecule has 0 saturated heterocycles. The monoisotopic (exact) mass is 528 g/mol. The Balaban J connectivity index is 1.64. The highest BCUT2D eigenvalue weighted by Crippen LogP contribution is 2.38. The number of amides is 2. The minimum Gasteiger partial charge on any atom is -0.330 e. The van der Waals surface area contributed by atoms with Crippen molar-refractivity contribution in [2.24, 2.45) is 0 Å². The lowest BCUT2D eigenvalue weighted by Gasteiger charge is -2.38. The van der Waals surface area contributed by atoms with Crippen molar-refractivity contribution in [3.05, 3.63) is 91.8 Å². The summed E-state index contributed by atoms with van der Waals surface area (Å²) in [4.78, 5) is 31.8. The van der Waals surface area contributed by atoms with Crippen LogP contribution >= 0.6 is 27.3 Å². The molecule has 1 aliphatic rings. The van der Waals surface area contributed by atoms with Gasteiger partial charge in [-0.1, -0.05) is 41.1 Å². The first kappa shape index (κ1) is 23.6. The van der Waals surface area contributed by atoms with Gasteiger partial charge in [0.2, 0.25) is 5.91 Å². The number of carbonyl (C=O) groups is 2. The fraction of sp³-hybridized carbons (Fsp3) is 0.308. The maximum Gasteiger partial charge on any atom is 0.254 e. The maximum atomic E-state index is 13.7. The SMILES string of the molecule is CCC(C)N(CC(=O)N1CCc2sccc2C1c1ccc(F)cc1)C(=O)c1cccc(Br)c1. The fourth-order valence-corrected chi connectivity index (χ4v) is 5.56. The number of nitrogens with zero attached hydrogens (tertiary/aromatic N) is 2. The van der Waals surface area contributed by atoms with E-state index in [9.17, 15) is 14.0 Å². The van der Waals surface area contributed by atoms with Crippen LogP contribution in [0.25, 0.3) is 0 Å². The molecule has 0 saturated carbocycles. The average Bonchev–Trinajstić information content (AvgIpc) is 3.30. The van der Waals surface area contributed by atoms with Gasteiger partial charge >= 0.3 is 0 Å². The maximum absolute atomic E-state index is 13.7. The first-order chi connectivity index (χ1) is 15.9.